The number of carbonyl (C=O) groups is 2. The molecular formula is C22H44N4O2. The maximum atomic E-state index is 12.7. The molecule has 0 saturated heterocycles. The Morgan fingerprint density at radius 3 is 1.82 bits per heavy atom. The van der Waals surface area contributed by atoms with Crippen molar-refractivity contribution in [3.05, 3.63) is 0 Å². The van der Waals surface area contributed by atoms with Gasteiger partial charge in [0, 0.05) is 36.8 Å². The Morgan fingerprint density at radius 1 is 0.893 bits per heavy atom. The Balaban J connectivity index is 2.68. The average molecular weight is 397 g/mol. The first-order chi connectivity index (χ1) is 12.9. The van der Waals surface area contributed by atoms with Crippen LogP contribution >= 0.6 is 0 Å². The summed E-state index contributed by atoms with van der Waals surface area (Å²) in [4.78, 5) is 29.2. The fourth-order valence-electron chi connectivity index (χ4n) is 4.62. The Bertz CT molecular complexity index is 503. The van der Waals surface area contributed by atoms with Gasteiger partial charge in [-0.3, -0.25) is 0 Å². The molecule has 28 heavy (non-hydrogen) atoms. The van der Waals surface area contributed by atoms with Gasteiger partial charge >= 0.3 is 12.1 Å². The van der Waals surface area contributed by atoms with Crippen molar-refractivity contribution in [2.75, 3.05) is 6.54 Å². The zero-order valence-electron chi connectivity index (χ0n) is 19.6. The van der Waals surface area contributed by atoms with Crippen LogP contribution in [-0.2, 0) is 0 Å². The molecule has 0 spiro atoms. The molecule has 2 atom stereocenters. The minimum absolute atomic E-state index is 0.00294. The summed E-state index contributed by atoms with van der Waals surface area (Å²) in [5.74, 6) is 0. The lowest BCUT2D eigenvalue weighted by molar-refractivity contribution is 0.132. The molecular weight excluding hydrogens is 352 g/mol. The van der Waals surface area contributed by atoms with E-state index in [2.05, 4.69) is 45.3 Å². The van der Waals surface area contributed by atoms with E-state index in [1.807, 2.05) is 37.5 Å². The lowest BCUT2D eigenvalue weighted by Crippen LogP contribution is -2.54. The molecule has 4 amide bonds. The summed E-state index contributed by atoms with van der Waals surface area (Å²) in [6.07, 6.45) is 4.04. The van der Waals surface area contributed by atoms with E-state index in [4.69, 9.17) is 0 Å². The van der Waals surface area contributed by atoms with Crippen molar-refractivity contribution >= 4 is 12.1 Å². The van der Waals surface area contributed by atoms with Crippen LogP contribution in [-0.4, -0.2) is 58.6 Å². The first-order valence-corrected chi connectivity index (χ1v) is 11.0. The lowest BCUT2D eigenvalue weighted by Gasteiger charge is -2.41. The quantitative estimate of drug-likeness (QED) is 0.661. The standard InChI is InChI=1S/C22H44N4O2/c1-15(2)25(16(3)4)20(27)23-14-22(9)12-10-11-19(13-22)24-21(28)26(17(5)6)18(7)8/h15-19H,10-14H2,1-9H3,(H,23,27)(H,24,28). The van der Waals surface area contributed by atoms with Crippen molar-refractivity contribution in [2.45, 2.75) is 118 Å². The monoisotopic (exact) mass is 396 g/mol. The second kappa shape index (κ2) is 10.4. The Morgan fingerprint density at radius 2 is 1.36 bits per heavy atom. The van der Waals surface area contributed by atoms with Gasteiger partial charge in [0.25, 0.3) is 0 Å². The molecule has 164 valence electrons. The van der Waals surface area contributed by atoms with Crippen LogP contribution in [0.4, 0.5) is 9.59 Å². The van der Waals surface area contributed by atoms with Gasteiger partial charge < -0.3 is 20.4 Å². The highest BCUT2D eigenvalue weighted by atomic mass is 16.2. The van der Waals surface area contributed by atoms with E-state index in [0.717, 1.165) is 25.7 Å². The predicted molar refractivity (Wildman–Crippen MR) is 117 cm³/mol. The molecule has 1 aliphatic carbocycles. The van der Waals surface area contributed by atoms with E-state index in [-0.39, 0.29) is 47.7 Å². The number of hydrogen-bond donors (Lipinski definition) is 2. The molecule has 2 unspecified atom stereocenters. The van der Waals surface area contributed by atoms with Crippen LogP contribution in [0.15, 0.2) is 0 Å². The highest BCUT2D eigenvalue weighted by molar-refractivity contribution is 5.75. The molecule has 0 bridgehead atoms. The van der Waals surface area contributed by atoms with Gasteiger partial charge in [-0.1, -0.05) is 13.3 Å². The predicted octanol–water partition coefficient (Wildman–Crippen LogP) is 4.59. The van der Waals surface area contributed by atoms with Crippen LogP contribution in [0.25, 0.3) is 0 Å². The third-order valence-corrected chi connectivity index (χ3v) is 5.76. The van der Waals surface area contributed by atoms with Crippen LogP contribution in [0, 0.1) is 5.41 Å². The maximum absolute atomic E-state index is 12.7. The van der Waals surface area contributed by atoms with Crippen LogP contribution < -0.4 is 10.6 Å². The fourth-order valence-corrected chi connectivity index (χ4v) is 4.62. The van der Waals surface area contributed by atoms with E-state index < -0.39 is 0 Å². The van der Waals surface area contributed by atoms with Crippen LogP contribution in [0.3, 0.4) is 0 Å². The number of nitrogens with zero attached hydrogens (tertiary/aromatic N) is 2. The average Bonchev–Trinajstić information content (AvgIpc) is 2.51. The van der Waals surface area contributed by atoms with Gasteiger partial charge in [0.05, 0.1) is 0 Å². The molecule has 0 aromatic heterocycles. The number of rotatable bonds is 7. The molecule has 0 aliphatic heterocycles. The first-order valence-electron chi connectivity index (χ1n) is 11.0. The van der Waals surface area contributed by atoms with Gasteiger partial charge in [0.15, 0.2) is 0 Å². The highest BCUT2D eigenvalue weighted by Crippen LogP contribution is 2.35. The molecule has 1 fully saturated rings. The molecule has 1 aliphatic rings. The summed E-state index contributed by atoms with van der Waals surface area (Å²) in [5, 5.41) is 6.40. The summed E-state index contributed by atoms with van der Waals surface area (Å²) in [6, 6.07) is 0.875. The smallest absolute Gasteiger partial charge is 0.318 e. The van der Waals surface area contributed by atoms with E-state index >= 15 is 0 Å². The largest absolute Gasteiger partial charge is 0.337 e. The van der Waals surface area contributed by atoms with E-state index in [9.17, 15) is 9.59 Å². The number of hydrogen-bond acceptors (Lipinski definition) is 2. The zero-order chi connectivity index (χ0) is 21.6. The number of urea groups is 2. The van der Waals surface area contributed by atoms with Crippen molar-refractivity contribution in [2.24, 2.45) is 5.41 Å². The normalized spacial score (nSPS) is 22.7. The summed E-state index contributed by atoms with van der Waals surface area (Å²) in [5.41, 5.74) is 0.00593. The first kappa shape index (κ1) is 24.6. The van der Waals surface area contributed by atoms with Gasteiger partial charge in [0.2, 0.25) is 0 Å². The second-order valence-corrected chi connectivity index (χ2v) is 9.90. The van der Waals surface area contributed by atoms with Gasteiger partial charge in [0.1, 0.15) is 0 Å². The number of nitrogens with one attached hydrogen (secondary N) is 2. The molecule has 0 radical (unpaired) electrons. The molecule has 0 aromatic rings. The highest BCUT2D eigenvalue weighted by Gasteiger charge is 2.35. The van der Waals surface area contributed by atoms with Gasteiger partial charge in [-0.2, -0.15) is 0 Å². The van der Waals surface area contributed by atoms with E-state index in [1.54, 1.807) is 0 Å². The van der Waals surface area contributed by atoms with Crippen LogP contribution in [0.5, 0.6) is 0 Å². The Hall–Kier alpha value is -1.46. The van der Waals surface area contributed by atoms with E-state index in [1.165, 1.54) is 0 Å². The van der Waals surface area contributed by atoms with Crippen molar-refractivity contribution in [3.8, 4) is 0 Å². The second-order valence-electron chi connectivity index (χ2n) is 9.90. The fraction of sp³-hybridized carbons (Fsp3) is 0.909. The van der Waals surface area contributed by atoms with Crippen LogP contribution in [0.2, 0.25) is 0 Å². The zero-order valence-corrected chi connectivity index (χ0v) is 19.6. The summed E-state index contributed by atoms with van der Waals surface area (Å²) >= 11 is 0. The van der Waals surface area contributed by atoms with Crippen molar-refractivity contribution < 1.29 is 9.59 Å². The molecule has 0 heterocycles. The lowest BCUT2D eigenvalue weighted by atomic mass is 9.73. The molecule has 2 N–H and O–H groups in total. The molecule has 0 aromatic carbocycles. The summed E-state index contributed by atoms with van der Waals surface area (Å²) in [7, 11) is 0. The maximum Gasteiger partial charge on any atom is 0.318 e. The molecule has 6 heteroatoms. The SMILES string of the molecule is CC(C)N(C(=O)NCC1(C)CCCC(NC(=O)N(C(C)C)C(C)C)C1)C(C)C. The number of amides is 4. The summed E-state index contributed by atoms with van der Waals surface area (Å²) < 4.78 is 0. The topological polar surface area (TPSA) is 64.7 Å². The molecule has 6 nitrogen and oxygen atoms in total. The van der Waals surface area contributed by atoms with Gasteiger partial charge in [-0.15, -0.1) is 0 Å². The van der Waals surface area contributed by atoms with Crippen molar-refractivity contribution in [1.29, 1.82) is 0 Å². The van der Waals surface area contributed by atoms with Crippen molar-refractivity contribution in [1.82, 2.24) is 20.4 Å². The number of carbonyl (C=O) groups excluding carboxylic acids is 2. The minimum Gasteiger partial charge on any atom is -0.337 e. The minimum atomic E-state index is 0.00294. The van der Waals surface area contributed by atoms with Crippen LogP contribution in [0.1, 0.15) is 88.0 Å². The third-order valence-electron chi connectivity index (χ3n) is 5.76. The van der Waals surface area contributed by atoms with E-state index in [0.29, 0.717) is 6.54 Å². The van der Waals surface area contributed by atoms with Gasteiger partial charge in [-0.05, 0) is 80.1 Å². The Labute approximate surface area is 172 Å². The third kappa shape index (κ3) is 6.85. The van der Waals surface area contributed by atoms with Crippen molar-refractivity contribution in [3.63, 3.8) is 0 Å². The molecule has 1 saturated carbocycles. The Kier molecular flexibility index (Phi) is 9.09. The summed E-state index contributed by atoms with van der Waals surface area (Å²) in [6.45, 7) is 19.3. The molecule has 1 rings (SSSR count). The van der Waals surface area contributed by atoms with Gasteiger partial charge in [-0.25, -0.2) is 9.59 Å².